The SMILES string of the molecule is NCCCc1ccc2c(c1)c(=O)c(C(=O)O)cn2CC(F)(F)F. The summed E-state index contributed by atoms with van der Waals surface area (Å²) in [5.41, 5.74) is 4.71. The number of nitrogens with zero attached hydrogens (tertiary/aromatic N) is 1. The molecule has 0 bridgehead atoms. The number of aromatic nitrogens is 1. The molecule has 0 amide bonds. The number of hydrogen-bond donors (Lipinski definition) is 2. The minimum Gasteiger partial charge on any atom is -0.477 e. The van der Waals surface area contributed by atoms with Gasteiger partial charge in [-0.3, -0.25) is 4.79 Å². The highest BCUT2D eigenvalue weighted by Crippen LogP contribution is 2.22. The number of carbonyl (C=O) groups is 1. The van der Waals surface area contributed by atoms with E-state index in [1.165, 1.54) is 12.1 Å². The number of nitrogens with two attached hydrogens (primary N) is 1. The molecule has 0 atom stereocenters. The normalized spacial score (nSPS) is 11.8. The van der Waals surface area contributed by atoms with Crippen LogP contribution in [0.2, 0.25) is 0 Å². The lowest BCUT2D eigenvalue weighted by Gasteiger charge is -2.15. The first-order valence-corrected chi connectivity index (χ1v) is 6.89. The van der Waals surface area contributed by atoms with Crippen LogP contribution in [0, 0.1) is 0 Å². The highest BCUT2D eigenvalue weighted by Gasteiger charge is 2.29. The van der Waals surface area contributed by atoms with E-state index >= 15 is 0 Å². The third-order valence-corrected chi connectivity index (χ3v) is 3.39. The Bertz CT molecular complexity index is 797. The van der Waals surface area contributed by atoms with Crippen LogP contribution in [0.25, 0.3) is 10.9 Å². The first-order valence-electron chi connectivity index (χ1n) is 6.89. The monoisotopic (exact) mass is 328 g/mol. The number of aromatic carboxylic acids is 1. The van der Waals surface area contributed by atoms with E-state index in [9.17, 15) is 22.8 Å². The van der Waals surface area contributed by atoms with Crippen molar-refractivity contribution in [3.05, 3.63) is 45.7 Å². The number of aryl methyl sites for hydroxylation is 1. The van der Waals surface area contributed by atoms with Crippen LogP contribution < -0.4 is 11.2 Å². The zero-order chi connectivity index (χ0) is 17.2. The predicted octanol–water partition coefficient (Wildman–Crippen LogP) is 2.15. The molecule has 8 heteroatoms. The molecule has 1 aromatic heterocycles. The molecule has 1 heterocycles. The van der Waals surface area contributed by atoms with Crippen molar-refractivity contribution in [1.82, 2.24) is 4.57 Å². The Hall–Kier alpha value is -2.35. The number of pyridine rings is 1. The summed E-state index contributed by atoms with van der Waals surface area (Å²) >= 11 is 0. The van der Waals surface area contributed by atoms with E-state index in [-0.39, 0.29) is 10.9 Å². The Balaban J connectivity index is 2.68. The highest BCUT2D eigenvalue weighted by molar-refractivity contribution is 5.92. The molecule has 0 aliphatic rings. The molecule has 3 N–H and O–H groups in total. The minimum atomic E-state index is -4.53. The lowest BCUT2D eigenvalue weighted by molar-refractivity contribution is -0.140. The van der Waals surface area contributed by atoms with Gasteiger partial charge in [0.1, 0.15) is 12.1 Å². The highest BCUT2D eigenvalue weighted by atomic mass is 19.4. The van der Waals surface area contributed by atoms with E-state index in [1.807, 2.05) is 0 Å². The summed E-state index contributed by atoms with van der Waals surface area (Å²) in [6.45, 7) is -0.933. The van der Waals surface area contributed by atoms with Crippen molar-refractivity contribution in [1.29, 1.82) is 0 Å². The Labute approximate surface area is 129 Å². The van der Waals surface area contributed by atoms with Crippen LogP contribution in [-0.2, 0) is 13.0 Å². The number of fused-ring (bicyclic) bond motifs is 1. The lowest BCUT2D eigenvalue weighted by atomic mass is 10.0. The quantitative estimate of drug-likeness (QED) is 0.881. The molecule has 0 saturated heterocycles. The second-order valence-corrected chi connectivity index (χ2v) is 5.16. The van der Waals surface area contributed by atoms with Crippen LogP contribution in [0.3, 0.4) is 0 Å². The van der Waals surface area contributed by atoms with Gasteiger partial charge in [0.2, 0.25) is 5.43 Å². The number of hydrogen-bond acceptors (Lipinski definition) is 3. The third kappa shape index (κ3) is 3.89. The van der Waals surface area contributed by atoms with Crippen molar-refractivity contribution in [2.75, 3.05) is 6.54 Å². The number of carboxylic acid groups (broad SMARTS) is 1. The number of benzene rings is 1. The van der Waals surface area contributed by atoms with Crippen molar-refractivity contribution in [2.45, 2.75) is 25.6 Å². The molecule has 0 radical (unpaired) electrons. The molecule has 0 fully saturated rings. The lowest BCUT2D eigenvalue weighted by Crippen LogP contribution is -2.24. The number of alkyl halides is 3. The zero-order valence-electron chi connectivity index (χ0n) is 12.1. The largest absolute Gasteiger partial charge is 0.477 e. The fraction of sp³-hybridized carbons (Fsp3) is 0.333. The van der Waals surface area contributed by atoms with E-state index in [0.717, 1.165) is 16.3 Å². The standard InChI is InChI=1S/C15H15F3N2O3/c16-15(17,18)8-20-7-11(14(22)23)13(21)10-6-9(2-1-5-19)3-4-12(10)20/h3-4,6-7H,1-2,5,8,19H2,(H,22,23). The molecule has 0 saturated carbocycles. The van der Waals surface area contributed by atoms with Gasteiger partial charge in [0.25, 0.3) is 0 Å². The summed E-state index contributed by atoms with van der Waals surface area (Å²) in [7, 11) is 0. The van der Waals surface area contributed by atoms with E-state index < -0.39 is 29.7 Å². The Morgan fingerprint density at radius 3 is 2.57 bits per heavy atom. The van der Waals surface area contributed by atoms with Crippen molar-refractivity contribution in [3.8, 4) is 0 Å². The van der Waals surface area contributed by atoms with Gasteiger partial charge in [0, 0.05) is 11.6 Å². The first kappa shape index (κ1) is 17.0. The molecule has 1 aromatic carbocycles. The van der Waals surface area contributed by atoms with Crippen molar-refractivity contribution < 1.29 is 23.1 Å². The summed E-state index contributed by atoms with van der Waals surface area (Å²) in [6.07, 6.45) is -2.58. The van der Waals surface area contributed by atoms with E-state index in [1.54, 1.807) is 6.07 Å². The summed E-state index contributed by atoms with van der Waals surface area (Å²) in [5.74, 6) is -1.56. The maximum atomic E-state index is 12.7. The fourth-order valence-electron chi connectivity index (χ4n) is 2.38. The maximum Gasteiger partial charge on any atom is 0.406 e. The van der Waals surface area contributed by atoms with Gasteiger partial charge in [-0.2, -0.15) is 13.2 Å². The van der Waals surface area contributed by atoms with Crippen LogP contribution in [0.4, 0.5) is 13.2 Å². The number of carboxylic acids is 1. The van der Waals surface area contributed by atoms with Crippen LogP contribution in [0.15, 0.2) is 29.2 Å². The average molecular weight is 328 g/mol. The van der Waals surface area contributed by atoms with Crippen LogP contribution in [0.5, 0.6) is 0 Å². The summed E-state index contributed by atoms with van der Waals surface area (Å²) in [5, 5.41) is 9.01. The Morgan fingerprint density at radius 1 is 1.30 bits per heavy atom. The van der Waals surface area contributed by atoms with Gasteiger partial charge in [0.05, 0.1) is 5.52 Å². The molecule has 124 valence electrons. The molecule has 0 spiro atoms. The van der Waals surface area contributed by atoms with Crippen LogP contribution in [0.1, 0.15) is 22.3 Å². The van der Waals surface area contributed by atoms with Gasteiger partial charge in [-0.15, -0.1) is 0 Å². The average Bonchev–Trinajstić information content (AvgIpc) is 2.46. The maximum absolute atomic E-state index is 12.7. The topological polar surface area (TPSA) is 85.3 Å². The second kappa shape index (κ2) is 6.41. The molecule has 5 nitrogen and oxygen atoms in total. The molecule has 0 aliphatic heterocycles. The summed E-state index contributed by atoms with van der Waals surface area (Å²) in [4.78, 5) is 23.3. The van der Waals surface area contributed by atoms with E-state index in [4.69, 9.17) is 10.8 Å². The third-order valence-electron chi connectivity index (χ3n) is 3.39. The second-order valence-electron chi connectivity index (χ2n) is 5.16. The molecule has 0 unspecified atom stereocenters. The minimum absolute atomic E-state index is 0.0383. The van der Waals surface area contributed by atoms with E-state index in [0.29, 0.717) is 19.4 Å². The zero-order valence-corrected chi connectivity index (χ0v) is 12.1. The summed E-state index contributed by atoms with van der Waals surface area (Å²) in [6, 6.07) is 4.46. The number of rotatable bonds is 5. The predicted molar refractivity (Wildman–Crippen MR) is 78.6 cm³/mol. The van der Waals surface area contributed by atoms with E-state index in [2.05, 4.69) is 0 Å². The first-order chi connectivity index (χ1) is 10.7. The van der Waals surface area contributed by atoms with Crippen molar-refractivity contribution in [2.24, 2.45) is 5.73 Å². The van der Waals surface area contributed by atoms with Crippen LogP contribution in [-0.4, -0.2) is 28.4 Å². The molecular formula is C15H15F3N2O3. The summed E-state index contributed by atoms with van der Waals surface area (Å²) < 4.78 is 38.8. The molecule has 2 aromatic rings. The van der Waals surface area contributed by atoms with Gasteiger partial charge >= 0.3 is 12.1 Å². The van der Waals surface area contributed by atoms with Gasteiger partial charge in [-0.05, 0) is 37.1 Å². The van der Waals surface area contributed by atoms with Gasteiger partial charge in [-0.1, -0.05) is 6.07 Å². The Morgan fingerprint density at radius 2 is 2.00 bits per heavy atom. The number of halogens is 3. The molecular weight excluding hydrogens is 313 g/mol. The fourth-order valence-corrected chi connectivity index (χ4v) is 2.38. The van der Waals surface area contributed by atoms with Gasteiger partial charge in [-0.25, -0.2) is 4.79 Å². The smallest absolute Gasteiger partial charge is 0.406 e. The van der Waals surface area contributed by atoms with Crippen molar-refractivity contribution in [3.63, 3.8) is 0 Å². The van der Waals surface area contributed by atoms with Gasteiger partial charge in [0.15, 0.2) is 0 Å². The molecule has 23 heavy (non-hydrogen) atoms. The molecule has 2 rings (SSSR count). The van der Waals surface area contributed by atoms with Crippen LogP contribution >= 0.6 is 0 Å². The Kier molecular flexibility index (Phi) is 4.74. The van der Waals surface area contributed by atoms with Gasteiger partial charge < -0.3 is 15.4 Å². The van der Waals surface area contributed by atoms with Crippen molar-refractivity contribution >= 4 is 16.9 Å². The molecule has 0 aliphatic carbocycles.